The number of rotatable bonds is 22. The Bertz CT molecular complexity index is 511. The van der Waals surface area contributed by atoms with Crippen LogP contribution in [-0.4, -0.2) is 48.3 Å². The molecule has 0 aliphatic heterocycles. The van der Waals surface area contributed by atoms with E-state index in [-0.39, 0.29) is 25.1 Å². The van der Waals surface area contributed by atoms with Crippen LogP contribution in [0, 0.1) is 0 Å². The van der Waals surface area contributed by atoms with Crippen LogP contribution in [0.3, 0.4) is 0 Å². The van der Waals surface area contributed by atoms with Crippen LogP contribution in [0.4, 0.5) is 0 Å². The second-order valence-corrected chi connectivity index (χ2v) is 9.09. The van der Waals surface area contributed by atoms with Gasteiger partial charge in [-0.25, -0.2) is 4.79 Å². The second-order valence-electron chi connectivity index (χ2n) is 9.09. The van der Waals surface area contributed by atoms with Gasteiger partial charge in [-0.3, -0.25) is 9.59 Å². The van der Waals surface area contributed by atoms with Crippen molar-refractivity contribution in [3.05, 3.63) is 0 Å². The van der Waals surface area contributed by atoms with Crippen molar-refractivity contribution in [2.45, 2.75) is 136 Å². The van der Waals surface area contributed by atoms with Gasteiger partial charge in [-0.1, -0.05) is 96.8 Å². The molecule has 0 spiro atoms. The standard InChI is InChI=1S/C26H49NO6/c1-4-5-6-7-8-9-10-11-12-13-14-15-16-17-18-19-25(30)32-20-24(29)21-33-26(31)22(2)27-23(3)28/h22,24,29H,4-21H2,1-3H3,(H,27,28)/t22-,24?/m0/s1. The van der Waals surface area contributed by atoms with E-state index in [1.165, 1.54) is 90.9 Å². The summed E-state index contributed by atoms with van der Waals surface area (Å²) in [5.74, 6) is -1.33. The summed E-state index contributed by atoms with van der Waals surface area (Å²) in [6.45, 7) is 4.56. The second kappa shape index (κ2) is 22.2. The van der Waals surface area contributed by atoms with Crippen molar-refractivity contribution in [2.75, 3.05) is 13.2 Å². The molecule has 1 unspecified atom stereocenters. The van der Waals surface area contributed by atoms with E-state index in [0.717, 1.165) is 19.3 Å². The smallest absolute Gasteiger partial charge is 0.328 e. The lowest BCUT2D eigenvalue weighted by Crippen LogP contribution is -2.39. The monoisotopic (exact) mass is 471 g/mol. The summed E-state index contributed by atoms with van der Waals surface area (Å²) in [6, 6.07) is -0.789. The topological polar surface area (TPSA) is 102 Å². The molecular weight excluding hydrogens is 422 g/mol. The minimum absolute atomic E-state index is 0.209. The van der Waals surface area contributed by atoms with E-state index in [0.29, 0.717) is 6.42 Å². The molecule has 0 aromatic carbocycles. The average Bonchev–Trinajstić information content (AvgIpc) is 2.78. The molecule has 33 heavy (non-hydrogen) atoms. The summed E-state index contributed by atoms with van der Waals surface area (Å²) < 4.78 is 9.92. The molecule has 0 aromatic rings. The van der Waals surface area contributed by atoms with Crippen molar-refractivity contribution >= 4 is 17.8 Å². The van der Waals surface area contributed by atoms with E-state index >= 15 is 0 Å². The molecule has 7 heteroatoms. The number of amides is 1. The maximum atomic E-state index is 11.8. The molecule has 2 N–H and O–H groups in total. The molecule has 0 saturated heterocycles. The average molecular weight is 472 g/mol. The number of aliphatic hydroxyl groups is 1. The Kier molecular flexibility index (Phi) is 21.1. The Morgan fingerprint density at radius 2 is 1.15 bits per heavy atom. The van der Waals surface area contributed by atoms with Crippen molar-refractivity contribution in [2.24, 2.45) is 0 Å². The Balaban J connectivity index is 3.45. The van der Waals surface area contributed by atoms with Gasteiger partial charge in [0.1, 0.15) is 25.4 Å². The largest absolute Gasteiger partial charge is 0.463 e. The third-order valence-corrected chi connectivity index (χ3v) is 5.61. The number of aliphatic hydroxyl groups excluding tert-OH is 1. The number of ether oxygens (including phenoxy) is 2. The lowest BCUT2D eigenvalue weighted by atomic mass is 10.0. The molecule has 0 radical (unpaired) electrons. The number of hydrogen-bond acceptors (Lipinski definition) is 6. The zero-order chi connectivity index (χ0) is 24.7. The summed E-state index contributed by atoms with van der Waals surface area (Å²) >= 11 is 0. The summed E-state index contributed by atoms with van der Waals surface area (Å²) in [6.07, 6.45) is 18.3. The van der Waals surface area contributed by atoms with Gasteiger partial charge in [-0.05, 0) is 13.3 Å². The predicted molar refractivity (Wildman–Crippen MR) is 131 cm³/mol. The van der Waals surface area contributed by atoms with Gasteiger partial charge in [0.2, 0.25) is 5.91 Å². The fourth-order valence-electron chi connectivity index (χ4n) is 3.62. The van der Waals surface area contributed by atoms with Crippen LogP contribution in [0.15, 0.2) is 0 Å². The highest BCUT2D eigenvalue weighted by molar-refractivity contribution is 5.82. The van der Waals surface area contributed by atoms with Crippen molar-refractivity contribution in [1.82, 2.24) is 5.32 Å². The normalized spacial score (nSPS) is 12.7. The molecule has 0 bridgehead atoms. The van der Waals surface area contributed by atoms with E-state index in [2.05, 4.69) is 12.2 Å². The molecular formula is C26H49NO6. The molecule has 0 aliphatic rings. The number of nitrogens with one attached hydrogen (secondary N) is 1. The van der Waals surface area contributed by atoms with Crippen molar-refractivity contribution in [1.29, 1.82) is 0 Å². The SMILES string of the molecule is CCCCCCCCCCCCCCCCCC(=O)OCC(O)COC(=O)[C@H](C)NC(C)=O. The van der Waals surface area contributed by atoms with Gasteiger partial charge in [0.25, 0.3) is 0 Å². The van der Waals surface area contributed by atoms with Crippen molar-refractivity contribution < 1.29 is 29.0 Å². The fraction of sp³-hybridized carbons (Fsp3) is 0.885. The number of unbranched alkanes of at least 4 members (excludes halogenated alkanes) is 14. The van der Waals surface area contributed by atoms with Gasteiger partial charge in [0, 0.05) is 13.3 Å². The highest BCUT2D eigenvalue weighted by Gasteiger charge is 2.17. The van der Waals surface area contributed by atoms with Crippen LogP contribution >= 0.6 is 0 Å². The number of carbonyl (C=O) groups is 3. The third kappa shape index (κ3) is 22.0. The third-order valence-electron chi connectivity index (χ3n) is 5.61. The first-order valence-corrected chi connectivity index (χ1v) is 13.1. The highest BCUT2D eigenvalue weighted by Crippen LogP contribution is 2.13. The zero-order valence-electron chi connectivity index (χ0n) is 21.4. The quantitative estimate of drug-likeness (QED) is 0.166. The molecule has 2 atom stereocenters. The Labute approximate surface area is 201 Å². The first-order valence-electron chi connectivity index (χ1n) is 13.1. The van der Waals surface area contributed by atoms with Crippen LogP contribution in [0.5, 0.6) is 0 Å². The van der Waals surface area contributed by atoms with Crippen LogP contribution < -0.4 is 5.32 Å². The van der Waals surface area contributed by atoms with Crippen LogP contribution in [0.1, 0.15) is 124 Å². The van der Waals surface area contributed by atoms with Crippen molar-refractivity contribution in [3.63, 3.8) is 0 Å². The van der Waals surface area contributed by atoms with Crippen LogP contribution in [0.25, 0.3) is 0 Å². The van der Waals surface area contributed by atoms with E-state index in [1.807, 2.05) is 0 Å². The first kappa shape index (κ1) is 31.4. The van der Waals surface area contributed by atoms with Crippen LogP contribution in [0.2, 0.25) is 0 Å². The molecule has 7 nitrogen and oxygen atoms in total. The summed E-state index contributed by atoms with van der Waals surface area (Å²) in [5, 5.41) is 12.2. The minimum Gasteiger partial charge on any atom is -0.463 e. The molecule has 194 valence electrons. The molecule has 0 rings (SSSR count). The van der Waals surface area contributed by atoms with Gasteiger partial charge in [-0.2, -0.15) is 0 Å². The maximum Gasteiger partial charge on any atom is 0.328 e. The van der Waals surface area contributed by atoms with E-state index < -0.39 is 18.1 Å². The lowest BCUT2D eigenvalue weighted by molar-refractivity contribution is -0.154. The van der Waals surface area contributed by atoms with E-state index in [9.17, 15) is 19.5 Å². The Morgan fingerprint density at radius 1 is 0.727 bits per heavy atom. The lowest BCUT2D eigenvalue weighted by Gasteiger charge is -2.15. The predicted octanol–water partition coefficient (Wildman–Crippen LogP) is 5.22. The Hall–Kier alpha value is -1.63. The fourth-order valence-corrected chi connectivity index (χ4v) is 3.62. The molecule has 0 fully saturated rings. The van der Waals surface area contributed by atoms with Crippen LogP contribution in [-0.2, 0) is 23.9 Å². The number of carbonyl (C=O) groups excluding carboxylic acids is 3. The van der Waals surface area contributed by atoms with E-state index in [4.69, 9.17) is 9.47 Å². The molecule has 0 aromatic heterocycles. The Morgan fingerprint density at radius 3 is 1.61 bits per heavy atom. The minimum atomic E-state index is -1.08. The molecule has 0 heterocycles. The van der Waals surface area contributed by atoms with Gasteiger partial charge in [0.15, 0.2) is 0 Å². The summed E-state index contributed by atoms with van der Waals surface area (Å²) in [7, 11) is 0. The van der Waals surface area contributed by atoms with Crippen molar-refractivity contribution in [3.8, 4) is 0 Å². The maximum absolute atomic E-state index is 11.8. The van der Waals surface area contributed by atoms with Gasteiger partial charge in [0.05, 0.1) is 0 Å². The molecule has 0 aliphatic carbocycles. The van der Waals surface area contributed by atoms with Gasteiger partial charge < -0.3 is 19.9 Å². The first-order chi connectivity index (χ1) is 15.9. The summed E-state index contributed by atoms with van der Waals surface area (Å²) in [5.41, 5.74) is 0. The number of hydrogen-bond donors (Lipinski definition) is 2. The van der Waals surface area contributed by atoms with E-state index in [1.54, 1.807) is 0 Å². The van der Waals surface area contributed by atoms with Gasteiger partial charge in [-0.15, -0.1) is 0 Å². The molecule has 1 amide bonds. The van der Waals surface area contributed by atoms with Gasteiger partial charge >= 0.3 is 11.9 Å². The molecule has 0 saturated carbocycles. The zero-order valence-corrected chi connectivity index (χ0v) is 21.4. The highest BCUT2D eigenvalue weighted by atomic mass is 16.6. The number of esters is 2. The summed E-state index contributed by atoms with van der Waals surface area (Å²) in [4.78, 5) is 34.3.